The van der Waals surface area contributed by atoms with Gasteiger partial charge in [-0.15, -0.1) is 0 Å². The van der Waals surface area contributed by atoms with Crippen LogP contribution in [0.3, 0.4) is 0 Å². The topological polar surface area (TPSA) is 144 Å². The molecule has 0 bridgehead atoms. The maximum absolute atomic E-state index is 11.5. The number of anilines is 1. The van der Waals surface area contributed by atoms with E-state index in [0.29, 0.717) is 11.1 Å². The lowest BCUT2D eigenvalue weighted by Crippen LogP contribution is -2.09. The number of nitrogens with two attached hydrogens (primary N) is 1. The quantitative estimate of drug-likeness (QED) is 0.397. The zero-order valence-electron chi connectivity index (χ0n) is 11.8. The summed E-state index contributed by atoms with van der Waals surface area (Å²) < 4.78 is 67.5. The predicted molar refractivity (Wildman–Crippen MR) is 84.7 cm³/mol. The molecule has 0 fully saturated rings. The molecular formula is C13H15NO7S2. The first-order chi connectivity index (χ1) is 10.6. The average molecular weight is 361 g/mol. The number of ether oxygens (including phenoxy) is 1. The Hall–Kier alpha value is -1.88. The van der Waals surface area contributed by atoms with Gasteiger partial charge < -0.3 is 10.5 Å². The van der Waals surface area contributed by atoms with Crippen LogP contribution in [0.2, 0.25) is 0 Å². The summed E-state index contributed by atoms with van der Waals surface area (Å²) in [7, 11) is -8.56. The Morgan fingerprint density at radius 2 is 1.74 bits per heavy atom. The van der Waals surface area contributed by atoms with Crippen molar-refractivity contribution >= 4 is 36.7 Å². The largest absolute Gasteiger partial charge is 0.493 e. The molecule has 126 valence electrons. The van der Waals surface area contributed by atoms with E-state index >= 15 is 0 Å². The molecule has 23 heavy (non-hydrogen) atoms. The van der Waals surface area contributed by atoms with Crippen molar-refractivity contribution in [2.75, 3.05) is 18.1 Å². The van der Waals surface area contributed by atoms with Gasteiger partial charge in [0, 0.05) is 17.1 Å². The molecule has 10 heteroatoms. The lowest BCUT2D eigenvalue weighted by Gasteiger charge is -2.10. The van der Waals surface area contributed by atoms with Crippen LogP contribution in [0.4, 0.5) is 5.69 Å². The predicted octanol–water partition coefficient (Wildman–Crippen LogP) is 1.33. The van der Waals surface area contributed by atoms with Crippen LogP contribution in [0.1, 0.15) is 6.42 Å². The number of hydrogen-bond acceptors (Lipinski definition) is 6. The van der Waals surface area contributed by atoms with Gasteiger partial charge in [-0.1, -0.05) is 6.07 Å². The van der Waals surface area contributed by atoms with Gasteiger partial charge in [-0.25, -0.2) is 0 Å². The summed E-state index contributed by atoms with van der Waals surface area (Å²) in [5, 5.41) is 0.733. The molecule has 2 aromatic rings. The number of rotatable bonds is 6. The smallest absolute Gasteiger partial charge is 0.295 e. The second-order valence-electron chi connectivity index (χ2n) is 4.87. The highest BCUT2D eigenvalue weighted by atomic mass is 32.2. The van der Waals surface area contributed by atoms with Crippen LogP contribution in [0.5, 0.6) is 5.75 Å². The molecule has 0 spiro atoms. The molecule has 2 rings (SSSR count). The molecule has 2 aromatic carbocycles. The number of benzene rings is 2. The Kier molecular flexibility index (Phi) is 4.80. The minimum Gasteiger partial charge on any atom is -0.493 e. The van der Waals surface area contributed by atoms with Crippen LogP contribution >= 0.6 is 0 Å². The Bertz CT molecular complexity index is 936. The molecule has 0 heterocycles. The van der Waals surface area contributed by atoms with Gasteiger partial charge >= 0.3 is 0 Å². The third kappa shape index (κ3) is 4.79. The molecule has 0 radical (unpaired) electrons. The minimum absolute atomic E-state index is 0.0228. The Morgan fingerprint density at radius 1 is 1.04 bits per heavy atom. The van der Waals surface area contributed by atoms with Gasteiger partial charge in [-0.05, 0) is 30.0 Å². The molecule has 0 amide bonds. The normalized spacial score (nSPS) is 12.4. The third-order valence-corrected chi connectivity index (χ3v) is 4.70. The van der Waals surface area contributed by atoms with E-state index in [1.807, 2.05) is 0 Å². The van der Waals surface area contributed by atoms with Crippen molar-refractivity contribution in [2.45, 2.75) is 11.3 Å². The van der Waals surface area contributed by atoms with Crippen LogP contribution in [0.15, 0.2) is 35.2 Å². The molecule has 0 aliphatic heterocycles. The summed E-state index contributed by atoms with van der Waals surface area (Å²) in [4.78, 5) is -0.334. The third-order valence-electron chi connectivity index (χ3n) is 3.01. The van der Waals surface area contributed by atoms with Gasteiger partial charge in [0.05, 0.1) is 12.4 Å². The Balaban J connectivity index is 2.34. The van der Waals surface area contributed by atoms with Crippen LogP contribution in [0, 0.1) is 0 Å². The van der Waals surface area contributed by atoms with Crippen LogP contribution < -0.4 is 10.5 Å². The summed E-state index contributed by atoms with van der Waals surface area (Å²) in [6, 6.07) is 7.16. The van der Waals surface area contributed by atoms with Crippen molar-refractivity contribution in [1.82, 2.24) is 0 Å². The second-order valence-corrected chi connectivity index (χ2v) is 7.83. The van der Waals surface area contributed by atoms with Gasteiger partial charge in [-0.3, -0.25) is 9.11 Å². The van der Waals surface area contributed by atoms with E-state index in [2.05, 4.69) is 0 Å². The molecule has 0 atom stereocenters. The van der Waals surface area contributed by atoms with Crippen molar-refractivity contribution < 1.29 is 30.7 Å². The zero-order valence-corrected chi connectivity index (χ0v) is 13.5. The van der Waals surface area contributed by atoms with Gasteiger partial charge in [0.25, 0.3) is 20.2 Å². The fraction of sp³-hybridized carbons (Fsp3) is 0.231. The Morgan fingerprint density at radius 3 is 2.35 bits per heavy atom. The van der Waals surface area contributed by atoms with Gasteiger partial charge in [0.15, 0.2) is 0 Å². The van der Waals surface area contributed by atoms with Crippen molar-refractivity contribution in [3.05, 3.63) is 30.3 Å². The Labute approximate surface area is 133 Å². The monoisotopic (exact) mass is 361 g/mol. The molecule has 0 saturated heterocycles. The summed E-state index contributed by atoms with van der Waals surface area (Å²) in [6.45, 7) is -0.0570. The highest BCUT2D eigenvalue weighted by Crippen LogP contribution is 2.30. The first-order valence-corrected chi connectivity index (χ1v) is 9.50. The van der Waals surface area contributed by atoms with E-state index in [-0.39, 0.29) is 29.1 Å². The molecular weight excluding hydrogens is 346 g/mol. The van der Waals surface area contributed by atoms with Gasteiger partial charge in [0.1, 0.15) is 10.6 Å². The summed E-state index contributed by atoms with van der Waals surface area (Å²) in [6.07, 6.45) is 0.0228. The summed E-state index contributed by atoms with van der Waals surface area (Å²) in [5.74, 6) is -0.343. The number of fused-ring (bicyclic) bond motifs is 1. The number of hydrogen-bond donors (Lipinski definition) is 3. The van der Waals surface area contributed by atoms with Crippen LogP contribution in [0.25, 0.3) is 10.8 Å². The maximum atomic E-state index is 11.5. The van der Waals surface area contributed by atoms with Crippen LogP contribution in [-0.2, 0) is 20.2 Å². The lowest BCUT2D eigenvalue weighted by atomic mass is 10.1. The number of nitrogen functional groups attached to an aromatic ring is 1. The zero-order chi connectivity index (χ0) is 17.3. The van der Waals surface area contributed by atoms with Gasteiger partial charge in [0.2, 0.25) is 0 Å². The van der Waals surface area contributed by atoms with E-state index in [4.69, 9.17) is 15.0 Å². The van der Waals surface area contributed by atoms with Crippen molar-refractivity contribution in [3.8, 4) is 5.75 Å². The van der Waals surface area contributed by atoms with Crippen LogP contribution in [-0.4, -0.2) is 38.3 Å². The molecule has 0 aliphatic carbocycles. The second kappa shape index (κ2) is 6.32. The maximum Gasteiger partial charge on any atom is 0.295 e. The molecule has 8 nitrogen and oxygen atoms in total. The summed E-state index contributed by atoms with van der Waals surface area (Å²) >= 11 is 0. The molecule has 0 aliphatic rings. The fourth-order valence-corrected chi connectivity index (χ4v) is 3.27. The molecule has 0 saturated carbocycles. The van der Waals surface area contributed by atoms with Crippen molar-refractivity contribution in [1.29, 1.82) is 0 Å². The first kappa shape index (κ1) is 17.5. The van der Waals surface area contributed by atoms with Gasteiger partial charge in [-0.2, -0.15) is 16.8 Å². The van der Waals surface area contributed by atoms with E-state index in [1.54, 1.807) is 0 Å². The van der Waals surface area contributed by atoms with Crippen molar-refractivity contribution in [3.63, 3.8) is 0 Å². The van der Waals surface area contributed by atoms with Crippen molar-refractivity contribution in [2.24, 2.45) is 0 Å². The SMILES string of the molecule is Nc1ccc2c(S(=O)(=O)O)cc(OCCCS(=O)(=O)O)cc2c1. The fourth-order valence-electron chi connectivity index (χ4n) is 2.05. The van der Waals surface area contributed by atoms with E-state index in [1.165, 1.54) is 24.3 Å². The highest BCUT2D eigenvalue weighted by Gasteiger charge is 2.16. The molecule has 4 N–H and O–H groups in total. The van der Waals surface area contributed by atoms with E-state index < -0.39 is 26.0 Å². The van der Waals surface area contributed by atoms with E-state index in [0.717, 1.165) is 6.07 Å². The lowest BCUT2D eigenvalue weighted by molar-refractivity contribution is 0.315. The molecule has 0 aromatic heterocycles. The standard InChI is InChI=1S/C13H15NO7S2/c14-10-2-3-12-9(6-10)7-11(8-13(12)23(18,19)20)21-4-1-5-22(15,16)17/h2-3,6-8H,1,4-5,14H2,(H,15,16,17)(H,18,19,20). The first-order valence-electron chi connectivity index (χ1n) is 6.45. The molecule has 0 unspecified atom stereocenters. The van der Waals surface area contributed by atoms with E-state index in [9.17, 15) is 21.4 Å². The highest BCUT2D eigenvalue weighted by molar-refractivity contribution is 7.86. The summed E-state index contributed by atoms with van der Waals surface area (Å²) in [5.41, 5.74) is 6.06. The average Bonchev–Trinajstić information content (AvgIpc) is 2.40. The minimum atomic E-state index is -4.48.